The van der Waals surface area contributed by atoms with E-state index in [-0.39, 0.29) is 30.4 Å². The van der Waals surface area contributed by atoms with Crippen molar-refractivity contribution in [1.29, 1.82) is 0 Å². The monoisotopic (exact) mass is 266 g/mol. The molecule has 0 N–H and O–H groups in total. The molecule has 4 atom stereocenters. The minimum atomic E-state index is -0.491. The lowest BCUT2D eigenvalue weighted by atomic mass is 9.65. The van der Waals surface area contributed by atoms with Gasteiger partial charge in [0.05, 0.1) is 11.5 Å². The molecule has 2 saturated heterocycles. The third-order valence-electron chi connectivity index (χ3n) is 4.44. The number of carbonyl (C=O) groups is 2. The van der Waals surface area contributed by atoms with Crippen molar-refractivity contribution in [3.05, 3.63) is 12.7 Å². The standard InChI is InChI=1S/C14H18O5/c1-2-12(15)17-8-18-14-5-9-3-10(6-14)13(16)19-11(4-9)7-14/h2,9-11H,1,3-8H2. The summed E-state index contributed by atoms with van der Waals surface area (Å²) in [6.45, 7) is 3.26. The summed E-state index contributed by atoms with van der Waals surface area (Å²) in [5.41, 5.74) is -0.357. The zero-order valence-electron chi connectivity index (χ0n) is 10.8. The fraction of sp³-hybridized carbons (Fsp3) is 0.714. The molecule has 0 aromatic rings. The molecule has 0 spiro atoms. The summed E-state index contributed by atoms with van der Waals surface area (Å²) in [4.78, 5) is 22.9. The van der Waals surface area contributed by atoms with E-state index in [0.717, 1.165) is 31.8 Å². The molecule has 4 aliphatic rings. The first kappa shape index (κ1) is 12.7. The quantitative estimate of drug-likeness (QED) is 0.439. The first-order valence-corrected chi connectivity index (χ1v) is 6.74. The van der Waals surface area contributed by atoms with Crippen molar-refractivity contribution in [3.63, 3.8) is 0 Å². The van der Waals surface area contributed by atoms with Crippen LogP contribution in [0.5, 0.6) is 0 Å². The molecule has 4 bridgehead atoms. The van der Waals surface area contributed by atoms with Gasteiger partial charge in [-0.3, -0.25) is 4.79 Å². The summed E-state index contributed by atoms with van der Waals surface area (Å²) >= 11 is 0. The van der Waals surface area contributed by atoms with Crippen LogP contribution in [0.2, 0.25) is 0 Å². The number of fused-ring (bicyclic) bond motifs is 1. The second kappa shape index (κ2) is 4.63. The Morgan fingerprint density at radius 2 is 2.26 bits per heavy atom. The van der Waals surface area contributed by atoms with E-state index in [9.17, 15) is 9.59 Å². The van der Waals surface area contributed by atoms with Crippen LogP contribution in [-0.2, 0) is 23.8 Å². The number of hydrogen-bond acceptors (Lipinski definition) is 5. The van der Waals surface area contributed by atoms with Gasteiger partial charge in [0.2, 0.25) is 0 Å². The van der Waals surface area contributed by atoms with Gasteiger partial charge in [0, 0.05) is 12.5 Å². The Morgan fingerprint density at radius 1 is 1.42 bits per heavy atom. The molecular weight excluding hydrogens is 248 g/mol. The summed E-state index contributed by atoms with van der Waals surface area (Å²) in [5, 5.41) is 0. The number of esters is 2. The molecule has 19 heavy (non-hydrogen) atoms. The molecule has 5 nitrogen and oxygen atoms in total. The summed E-state index contributed by atoms with van der Waals surface area (Å²) < 4.78 is 16.2. The maximum absolute atomic E-state index is 11.9. The van der Waals surface area contributed by atoms with Crippen molar-refractivity contribution >= 4 is 11.9 Å². The summed E-state index contributed by atoms with van der Waals surface area (Å²) in [7, 11) is 0. The van der Waals surface area contributed by atoms with Gasteiger partial charge in [0.1, 0.15) is 6.10 Å². The molecule has 4 fully saturated rings. The van der Waals surface area contributed by atoms with Gasteiger partial charge in [-0.05, 0) is 31.6 Å². The third-order valence-corrected chi connectivity index (χ3v) is 4.44. The van der Waals surface area contributed by atoms with Crippen LogP contribution >= 0.6 is 0 Å². The highest BCUT2D eigenvalue weighted by molar-refractivity contribution is 5.81. The van der Waals surface area contributed by atoms with E-state index in [1.807, 2.05) is 0 Å². The molecule has 0 aromatic heterocycles. The predicted octanol–water partition coefficient (Wildman–Crippen LogP) is 1.56. The molecule has 0 radical (unpaired) electrons. The van der Waals surface area contributed by atoms with Gasteiger partial charge in [-0.2, -0.15) is 0 Å². The fourth-order valence-corrected chi connectivity index (χ4v) is 3.82. The lowest BCUT2D eigenvalue weighted by Gasteiger charge is -2.45. The smallest absolute Gasteiger partial charge is 0.332 e. The highest BCUT2D eigenvalue weighted by Gasteiger charge is 2.53. The normalized spacial score (nSPS) is 39.6. The van der Waals surface area contributed by atoms with Crippen molar-refractivity contribution in [2.45, 2.75) is 43.8 Å². The van der Waals surface area contributed by atoms with Crippen LogP contribution < -0.4 is 0 Å². The van der Waals surface area contributed by atoms with Crippen molar-refractivity contribution in [3.8, 4) is 0 Å². The van der Waals surface area contributed by atoms with E-state index in [4.69, 9.17) is 14.2 Å². The van der Waals surface area contributed by atoms with Crippen LogP contribution in [0.25, 0.3) is 0 Å². The largest absolute Gasteiger partial charge is 0.462 e. The Bertz CT molecular complexity index is 418. The Morgan fingerprint density at radius 3 is 3.05 bits per heavy atom. The molecule has 0 aromatic carbocycles. The van der Waals surface area contributed by atoms with E-state index in [1.165, 1.54) is 0 Å². The maximum Gasteiger partial charge on any atom is 0.332 e. The van der Waals surface area contributed by atoms with Crippen LogP contribution in [0.15, 0.2) is 12.7 Å². The van der Waals surface area contributed by atoms with Crippen molar-refractivity contribution in [2.75, 3.05) is 6.79 Å². The van der Waals surface area contributed by atoms with Gasteiger partial charge >= 0.3 is 11.9 Å². The zero-order chi connectivity index (χ0) is 13.5. The van der Waals surface area contributed by atoms with Crippen molar-refractivity contribution < 1.29 is 23.8 Å². The van der Waals surface area contributed by atoms with Gasteiger partial charge in [0.25, 0.3) is 0 Å². The number of rotatable bonds is 4. The van der Waals surface area contributed by atoms with Gasteiger partial charge in [-0.1, -0.05) is 6.58 Å². The lowest BCUT2D eigenvalue weighted by molar-refractivity contribution is -0.189. The summed E-state index contributed by atoms with van der Waals surface area (Å²) in [5.74, 6) is -0.143. The van der Waals surface area contributed by atoms with Gasteiger partial charge in [-0.15, -0.1) is 0 Å². The zero-order valence-corrected chi connectivity index (χ0v) is 10.8. The highest BCUT2D eigenvalue weighted by Crippen LogP contribution is 2.51. The SMILES string of the molecule is C=CC(=O)OCOC12CC3CC(C1)OC(=O)C(C3)C2. The average molecular weight is 266 g/mol. The minimum Gasteiger partial charge on any atom is -0.462 e. The molecular formula is C14H18O5. The van der Waals surface area contributed by atoms with Crippen LogP contribution in [-0.4, -0.2) is 30.4 Å². The Kier molecular flexibility index (Phi) is 3.09. The molecule has 2 aliphatic carbocycles. The molecule has 2 saturated carbocycles. The van der Waals surface area contributed by atoms with Gasteiger partial charge < -0.3 is 14.2 Å². The van der Waals surface area contributed by atoms with E-state index < -0.39 is 5.97 Å². The summed E-state index contributed by atoms with van der Waals surface area (Å²) in [6, 6.07) is 0. The first-order valence-electron chi connectivity index (χ1n) is 6.74. The van der Waals surface area contributed by atoms with Crippen LogP contribution in [0.3, 0.4) is 0 Å². The lowest BCUT2D eigenvalue weighted by Crippen LogP contribution is -2.47. The number of ether oxygens (including phenoxy) is 3. The molecule has 2 aliphatic heterocycles. The Hall–Kier alpha value is -1.36. The molecule has 4 unspecified atom stereocenters. The van der Waals surface area contributed by atoms with E-state index in [0.29, 0.717) is 12.3 Å². The highest BCUT2D eigenvalue weighted by atomic mass is 16.7. The van der Waals surface area contributed by atoms with Gasteiger partial charge in [0.15, 0.2) is 6.79 Å². The van der Waals surface area contributed by atoms with Crippen molar-refractivity contribution in [1.82, 2.24) is 0 Å². The van der Waals surface area contributed by atoms with E-state index >= 15 is 0 Å². The first-order chi connectivity index (χ1) is 9.10. The Labute approximate surface area is 111 Å². The molecule has 5 heteroatoms. The topological polar surface area (TPSA) is 61.8 Å². The number of carbonyl (C=O) groups excluding carboxylic acids is 2. The van der Waals surface area contributed by atoms with Crippen LogP contribution in [0.4, 0.5) is 0 Å². The maximum atomic E-state index is 11.9. The summed E-state index contributed by atoms with van der Waals surface area (Å²) in [6.07, 6.45) is 5.27. The molecule has 0 amide bonds. The Balaban J connectivity index is 1.68. The predicted molar refractivity (Wildman–Crippen MR) is 64.9 cm³/mol. The molecule has 2 heterocycles. The second-order valence-electron chi connectivity index (χ2n) is 5.82. The minimum absolute atomic E-state index is 0.0335. The average Bonchev–Trinajstić information content (AvgIpc) is 2.52. The van der Waals surface area contributed by atoms with Gasteiger partial charge in [-0.25, -0.2) is 4.79 Å². The van der Waals surface area contributed by atoms with E-state index in [1.54, 1.807) is 0 Å². The molecule has 4 rings (SSSR count). The van der Waals surface area contributed by atoms with Crippen molar-refractivity contribution in [2.24, 2.45) is 11.8 Å². The van der Waals surface area contributed by atoms with Crippen LogP contribution in [0.1, 0.15) is 32.1 Å². The fourth-order valence-electron chi connectivity index (χ4n) is 3.82. The third kappa shape index (κ3) is 2.39. The van der Waals surface area contributed by atoms with E-state index in [2.05, 4.69) is 6.58 Å². The number of hydrogen-bond donors (Lipinski definition) is 0. The van der Waals surface area contributed by atoms with Crippen LogP contribution in [0, 0.1) is 11.8 Å². The molecule has 104 valence electrons. The second-order valence-corrected chi connectivity index (χ2v) is 5.82.